The summed E-state index contributed by atoms with van der Waals surface area (Å²) in [6.07, 6.45) is -4.59. The van der Waals surface area contributed by atoms with Gasteiger partial charge in [0.1, 0.15) is 11.5 Å². The third kappa shape index (κ3) is 3.73. The number of thiophene rings is 1. The summed E-state index contributed by atoms with van der Waals surface area (Å²) >= 11 is 4.73. The Morgan fingerprint density at radius 3 is 2.62 bits per heavy atom. The van der Waals surface area contributed by atoms with Crippen LogP contribution in [0.4, 0.5) is 19.0 Å². The molecule has 21 heavy (non-hydrogen) atoms. The van der Waals surface area contributed by atoms with Crippen molar-refractivity contribution in [1.82, 2.24) is 4.98 Å². The molecule has 0 unspecified atom stereocenters. The minimum absolute atomic E-state index is 0.0873. The Hall–Kier alpha value is -1.61. The molecule has 2 aromatic heterocycles. The molecular formula is C12H9BrF3N3OS. The van der Waals surface area contributed by atoms with Crippen LogP contribution in [-0.2, 0) is 12.7 Å². The van der Waals surface area contributed by atoms with Gasteiger partial charge in [0, 0.05) is 9.35 Å². The molecule has 2 aromatic rings. The fourth-order valence-corrected chi connectivity index (χ4v) is 3.00. The van der Waals surface area contributed by atoms with Crippen molar-refractivity contribution in [3.63, 3.8) is 0 Å². The first-order valence-corrected chi connectivity index (χ1v) is 7.30. The van der Waals surface area contributed by atoms with Gasteiger partial charge < -0.3 is 11.1 Å². The van der Waals surface area contributed by atoms with Crippen molar-refractivity contribution in [2.24, 2.45) is 5.73 Å². The van der Waals surface area contributed by atoms with Crippen LogP contribution in [-0.4, -0.2) is 10.9 Å². The molecule has 0 aliphatic carbocycles. The molecule has 0 aliphatic rings. The van der Waals surface area contributed by atoms with Gasteiger partial charge in [0.15, 0.2) is 0 Å². The fraction of sp³-hybridized carbons (Fsp3) is 0.167. The number of nitrogens with one attached hydrogen (secondary N) is 1. The van der Waals surface area contributed by atoms with E-state index in [-0.39, 0.29) is 17.9 Å². The van der Waals surface area contributed by atoms with Crippen LogP contribution in [0.15, 0.2) is 28.1 Å². The Morgan fingerprint density at radius 1 is 1.38 bits per heavy atom. The van der Waals surface area contributed by atoms with Crippen molar-refractivity contribution in [3.8, 4) is 0 Å². The predicted molar refractivity (Wildman–Crippen MR) is 77.1 cm³/mol. The van der Waals surface area contributed by atoms with Crippen LogP contribution < -0.4 is 11.1 Å². The SMILES string of the molecule is NC(=O)c1ccc(C(F)(F)F)nc1NCc1sccc1Br. The number of rotatable bonds is 4. The Balaban J connectivity index is 2.31. The summed E-state index contributed by atoms with van der Waals surface area (Å²) in [5.41, 5.74) is 3.98. The maximum absolute atomic E-state index is 12.7. The number of anilines is 1. The van der Waals surface area contributed by atoms with E-state index in [0.29, 0.717) is 0 Å². The summed E-state index contributed by atoms with van der Waals surface area (Å²) in [6, 6.07) is 3.56. The van der Waals surface area contributed by atoms with Crippen LogP contribution in [0.25, 0.3) is 0 Å². The van der Waals surface area contributed by atoms with Crippen molar-refractivity contribution in [2.45, 2.75) is 12.7 Å². The molecule has 0 spiro atoms. The summed E-state index contributed by atoms with van der Waals surface area (Å²) in [4.78, 5) is 15.6. The average Bonchev–Trinajstić information content (AvgIpc) is 2.80. The highest BCUT2D eigenvalue weighted by Gasteiger charge is 2.33. The number of carbonyl (C=O) groups is 1. The van der Waals surface area contributed by atoms with E-state index in [1.54, 1.807) is 0 Å². The number of pyridine rings is 1. The Morgan fingerprint density at radius 2 is 2.10 bits per heavy atom. The lowest BCUT2D eigenvalue weighted by molar-refractivity contribution is -0.141. The zero-order valence-corrected chi connectivity index (χ0v) is 12.8. The van der Waals surface area contributed by atoms with Crippen molar-refractivity contribution < 1.29 is 18.0 Å². The topological polar surface area (TPSA) is 68.0 Å². The van der Waals surface area contributed by atoms with Crippen LogP contribution in [0, 0.1) is 0 Å². The third-order valence-corrected chi connectivity index (χ3v) is 4.48. The second-order valence-electron chi connectivity index (χ2n) is 4.00. The first-order chi connectivity index (χ1) is 9.79. The number of alkyl halides is 3. The number of primary amides is 1. The maximum atomic E-state index is 12.7. The number of nitrogens with two attached hydrogens (primary N) is 1. The van der Waals surface area contributed by atoms with E-state index >= 15 is 0 Å². The van der Waals surface area contributed by atoms with Crippen molar-refractivity contribution >= 4 is 39.0 Å². The molecule has 0 radical (unpaired) electrons. The van der Waals surface area contributed by atoms with E-state index < -0.39 is 17.8 Å². The van der Waals surface area contributed by atoms with E-state index in [0.717, 1.165) is 21.5 Å². The largest absolute Gasteiger partial charge is 0.433 e. The summed E-state index contributed by atoms with van der Waals surface area (Å²) in [5, 5.41) is 4.55. The van der Waals surface area contributed by atoms with Gasteiger partial charge in [-0.1, -0.05) is 0 Å². The van der Waals surface area contributed by atoms with Gasteiger partial charge in [0.2, 0.25) is 0 Å². The molecule has 0 atom stereocenters. The molecule has 2 rings (SSSR count). The van der Waals surface area contributed by atoms with Gasteiger partial charge in [-0.2, -0.15) is 13.2 Å². The summed E-state index contributed by atoms with van der Waals surface area (Å²) in [7, 11) is 0. The van der Waals surface area contributed by atoms with E-state index in [4.69, 9.17) is 5.73 Å². The molecule has 0 aromatic carbocycles. The number of hydrogen-bond acceptors (Lipinski definition) is 4. The number of halogens is 4. The quantitative estimate of drug-likeness (QED) is 0.851. The first-order valence-electron chi connectivity index (χ1n) is 5.63. The standard InChI is InChI=1S/C12H9BrF3N3OS/c13-7-3-4-21-8(7)5-18-11-6(10(17)20)1-2-9(19-11)12(14,15)16/h1-4H,5H2,(H2,17,20)(H,18,19). The lowest BCUT2D eigenvalue weighted by Crippen LogP contribution is -2.18. The summed E-state index contributed by atoms with van der Waals surface area (Å²) in [5.74, 6) is -1.03. The highest BCUT2D eigenvalue weighted by molar-refractivity contribution is 9.10. The second-order valence-corrected chi connectivity index (χ2v) is 5.85. The van der Waals surface area contributed by atoms with Gasteiger partial charge in [-0.3, -0.25) is 4.79 Å². The van der Waals surface area contributed by atoms with E-state index in [9.17, 15) is 18.0 Å². The van der Waals surface area contributed by atoms with Gasteiger partial charge in [0.25, 0.3) is 5.91 Å². The lowest BCUT2D eigenvalue weighted by Gasteiger charge is -2.12. The molecular weight excluding hydrogens is 371 g/mol. The van der Waals surface area contributed by atoms with Crippen LogP contribution >= 0.6 is 27.3 Å². The van der Waals surface area contributed by atoms with Gasteiger partial charge in [0.05, 0.1) is 12.1 Å². The fourth-order valence-electron chi connectivity index (χ4n) is 1.57. The van der Waals surface area contributed by atoms with Crippen molar-refractivity contribution in [3.05, 3.63) is 44.2 Å². The second kappa shape index (κ2) is 6.02. The van der Waals surface area contributed by atoms with E-state index in [1.165, 1.54) is 11.3 Å². The zero-order chi connectivity index (χ0) is 15.6. The normalized spacial score (nSPS) is 11.4. The molecule has 2 heterocycles. The smallest absolute Gasteiger partial charge is 0.365 e. The molecule has 0 aliphatic heterocycles. The molecule has 9 heteroatoms. The molecule has 0 saturated carbocycles. The number of carbonyl (C=O) groups excluding carboxylic acids is 1. The van der Waals surface area contributed by atoms with Gasteiger partial charge in [-0.05, 0) is 39.5 Å². The highest BCUT2D eigenvalue weighted by Crippen LogP contribution is 2.30. The monoisotopic (exact) mass is 379 g/mol. The number of aromatic nitrogens is 1. The lowest BCUT2D eigenvalue weighted by atomic mass is 10.2. The number of amides is 1. The molecule has 0 fully saturated rings. The Bertz CT molecular complexity index is 672. The molecule has 4 nitrogen and oxygen atoms in total. The zero-order valence-electron chi connectivity index (χ0n) is 10.4. The van der Waals surface area contributed by atoms with Gasteiger partial charge in [-0.15, -0.1) is 11.3 Å². The summed E-state index contributed by atoms with van der Waals surface area (Å²) in [6.45, 7) is 0.229. The minimum Gasteiger partial charge on any atom is -0.365 e. The molecule has 0 saturated heterocycles. The van der Waals surface area contributed by atoms with Crippen LogP contribution in [0.5, 0.6) is 0 Å². The Labute approximate surface area is 130 Å². The maximum Gasteiger partial charge on any atom is 0.433 e. The van der Waals surface area contributed by atoms with E-state index in [1.807, 2.05) is 11.4 Å². The predicted octanol–water partition coefficient (Wildman–Crippen LogP) is 3.64. The molecule has 112 valence electrons. The average molecular weight is 380 g/mol. The van der Waals surface area contributed by atoms with Crippen LogP contribution in [0.1, 0.15) is 20.9 Å². The highest BCUT2D eigenvalue weighted by atomic mass is 79.9. The molecule has 3 N–H and O–H groups in total. The number of hydrogen-bond donors (Lipinski definition) is 2. The van der Waals surface area contributed by atoms with Gasteiger partial charge >= 0.3 is 6.18 Å². The van der Waals surface area contributed by atoms with Gasteiger partial charge in [-0.25, -0.2) is 4.98 Å². The molecule has 0 bridgehead atoms. The van der Waals surface area contributed by atoms with Crippen LogP contribution in [0.2, 0.25) is 0 Å². The van der Waals surface area contributed by atoms with E-state index in [2.05, 4.69) is 26.2 Å². The Kier molecular flexibility index (Phi) is 4.52. The van der Waals surface area contributed by atoms with Crippen molar-refractivity contribution in [1.29, 1.82) is 0 Å². The minimum atomic E-state index is -4.59. The third-order valence-electron chi connectivity index (χ3n) is 2.56. The molecule has 1 amide bonds. The summed E-state index contributed by atoms with van der Waals surface area (Å²) < 4.78 is 38.8. The first kappa shape index (κ1) is 15.8. The number of nitrogens with zero attached hydrogens (tertiary/aromatic N) is 1. The van der Waals surface area contributed by atoms with Crippen molar-refractivity contribution in [2.75, 3.05) is 5.32 Å². The van der Waals surface area contributed by atoms with Crippen LogP contribution in [0.3, 0.4) is 0 Å².